The molecule has 1 aromatic rings. The van der Waals surface area contributed by atoms with Crippen molar-refractivity contribution in [3.63, 3.8) is 0 Å². The lowest BCUT2D eigenvalue weighted by Gasteiger charge is -2.05. The quantitative estimate of drug-likeness (QED) is 0.704. The number of nitrogens with one attached hydrogen (secondary N) is 1. The molecule has 0 spiro atoms. The predicted octanol–water partition coefficient (Wildman–Crippen LogP) is 1.21. The molecule has 1 unspecified atom stereocenters. The third kappa shape index (κ3) is 3.97. The van der Waals surface area contributed by atoms with E-state index in [1.807, 2.05) is 18.5 Å². The first-order valence-corrected chi connectivity index (χ1v) is 3.43. The number of hydrogen-bond donors (Lipinski definition) is 3. The highest BCUT2D eigenvalue weighted by Gasteiger charge is 2.02. The topological polar surface area (TPSA) is 67.8 Å². The van der Waals surface area contributed by atoms with Crippen molar-refractivity contribution in [2.45, 2.75) is 12.5 Å². The van der Waals surface area contributed by atoms with Crippen LogP contribution >= 0.6 is 24.8 Å². The van der Waals surface area contributed by atoms with Crippen LogP contribution in [0.2, 0.25) is 0 Å². The standard InChI is InChI=1S/C7H13N3.2ClH/c8-3-1-7(9)6-2-4-10-5-6;;/h2,4-5,7,10H,1,3,8-9H2;2*1H. The largest absolute Gasteiger partial charge is 0.367 e. The molecule has 0 saturated carbocycles. The number of halogens is 2. The van der Waals surface area contributed by atoms with E-state index in [4.69, 9.17) is 11.5 Å². The van der Waals surface area contributed by atoms with Crippen LogP contribution in [0.3, 0.4) is 0 Å². The van der Waals surface area contributed by atoms with Crippen molar-refractivity contribution in [2.24, 2.45) is 11.5 Å². The van der Waals surface area contributed by atoms with Gasteiger partial charge in [-0.1, -0.05) is 0 Å². The van der Waals surface area contributed by atoms with Gasteiger partial charge in [0.25, 0.3) is 0 Å². The summed E-state index contributed by atoms with van der Waals surface area (Å²) < 4.78 is 0. The van der Waals surface area contributed by atoms with Crippen molar-refractivity contribution in [3.05, 3.63) is 24.0 Å². The fourth-order valence-corrected chi connectivity index (χ4v) is 0.914. The number of H-pyrrole nitrogens is 1. The van der Waals surface area contributed by atoms with Gasteiger partial charge >= 0.3 is 0 Å². The molecule has 0 aliphatic heterocycles. The van der Waals surface area contributed by atoms with E-state index in [-0.39, 0.29) is 30.9 Å². The second kappa shape index (κ2) is 7.43. The molecule has 0 bridgehead atoms. The summed E-state index contributed by atoms with van der Waals surface area (Å²) in [6.07, 6.45) is 4.61. The molecular formula is C7H15Cl2N3. The van der Waals surface area contributed by atoms with E-state index in [2.05, 4.69) is 4.98 Å². The Morgan fingerprint density at radius 2 is 2.08 bits per heavy atom. The Morgan fingerprint density at radius 3 is 2.50 bits per heavy atom. The fourth-order valence-electron chi connectivity index (χ4n) is 0.914. The number of aromatic amines is 1. The zero-order valence-electron chi connectivity index (χ0n) is 6.69. The van der Waals surface area contributed by atoms with Gasteiger partial charge in [-0.15, -0.1) is 24.8 Å². The van der Waals surface area contributed by atoms with Crippen LogP contribution in [0.5, 0.6) is 0 Å². The van der Waals surface area contributed by atoms with Crippen LogP contribution in [-0.4, -0.2) is 11.5 Å². The minimum atomic E-state index is 0. The zero-order chi connectivity index (χ0) is 7.40. The smallest absolute Gasteiger partial charge is 0.0321 e. The Kier molecular flexibility index (Phi) is 8.86. The van der Waals surface area contributed by atoms with Crippen molar-refractivity contribution in [1.82, 2.24) is 4.98 Å². The molecule has 1 atom stereocenters. The Balaban J connectivity index is 0. The van der Waals surface area contributed by atoms with Crippen LogP contribution in [0.1, 0.15) is 18.0 Å². The summed E-state index contributed by atoms with van der Waals surface area (Å²) in [5.41, 5.74) is 12.2. The Morgan fingerprint density at radius 1 is 1.42 bits per heavy atom. The van der Waals surface area contributed by atoms with Gasteiger partial charge in [0.2, 0.25) is 0 Å². The maximum absolute atomic E-state index is 5.75. The summed E-state index contributed by atoms with van der Waals surface area (Å²) in [6.45, 7) is 0.645. The zero-order valence-corrected chi connectivity index (χ0v) is 8.33. The molecule has 1 heterocycles. The molecule has 0 aromatic carbocycles. The number of hydrogen-bond acceptors (Lipinski definition) is 2. The van der Waals surface area contributed by atoms with Gasteiger partial charge in [0.15, 0.2) is 0 Å². The lowest BCUT2D eigenvalue weighted by Crippen LogP contribution is -2.14. The molecule has 1 rings (SSSR count). The van der Waals surface area contributed by atoms with E-state index in [9.17, 15) is 0 Å². The van der Waals surface area contributed by atoms with E-state index in [0.29, 0.717) is 6.54 Å². The van der Waals surface area contributed by atoms with Crippen molar-refractivity contribution in [1.29, 1.82) is 0 Å². The predicted molar refractivity (Wildman–Crippen MR) is 55.9 cm³/mol. The van der Waals surface area contributed by atoms with Crippen LogP contribution < -0.4 is 11.5 Å². The minimum absolute atomic E-state index is 0. The molecule has 0 aliphatic rings. The van der Waals surface area contributed by atoms with Crippen molar-refractivity contribution in [2.75, 3.05) is 6.54 Å². The van der Waals surface area contributed by atoms with Crippen molar-refractivity contribution in [3.8, 4) is 0 Å². The lowest BCUT2D eigenvalue weighted by atomic mass is 10.1. The van der Waals surface area contributed by atoms with Gasteiger partial charge in [0.05, 0.1) is 0 Å². The number of nitrogens with two attached hydrogens (primary N) is 2. The van der Waals surface area contributed by atoms with Gasteiger partial charge in [-0.2, -0.15) is 0 Å². The van der Waals surface area contributed by atoms with Crippen LogP contribution in [0.15, 0.2) is 18.5 Å². The minimum Gasteiger partial charge on any atom is -0.367 e. The number of aromatic nitrogens is 1. The summed E-state index contributed by atoms with van der Waals surface area (Å²) in [4.78, 5) is 2.95. The molecule has 0 radical (unpaired) electrons. The molecule has 12 heavy (non-hydrogen) atoms. The second-order valence-corrected chi connectivity index (χ2v) is 2.33. The van der Waals surface area contributed by atoms with Crippen LogP contribution in [0.4, 0.5) is 0 Å². The number of rotatable bonds is 3. The van der Waals surface area contributed by atoms with Gasteiger partial charge in [-0.05, 0) is 24.6 Å². The van der Waals surface area contributed by atoms with Gasteiger partial charge in [0, 0.05) is 18.4 Å². The van der Waals surface area contributed by atoms with Gasteiger partial charge in [-0.25, -0.2) is 0 Å². The Bertz CT molecular complexity index is 177. The van der Waals surface area contributed by atoms with Crippen molar-refractivity contribution >= 4 is 24.8 Å². The Labute approximate surface area is 84.7 Å². The highest BCUT2D eigenvalue weighted by Crippen LogP contribution is 2.10. The van der Waals surface area contributed by atoms with E-state index in [1.54, 1.807) is 0 Å². The molecule has 0 aliphatic carbocycles. The average molecular weight is 212 g/mol. The molecule has 0 amide bonds. The normalized spacial score (nSPS) is 11.2. The Hall–Kier alpha value is -0.220. The second-order valence-electron chi connectivity index (χ2n) is 2.33. The molecular weight excluding hydrogens is 197 g/mol. The van der Waals surface area contributed by atoms with E-state index < -0.39 is 0 Å². The summed E-state index contributed by atoms with van der Waals surface area (Å²) in [5, 5.41) is 0. The maximum Gasteiger partial charge on any atom is 0.0321 e. The lowest BCUT2D eigenvalue weighted by molar-refractivity contribution is 0.662. The van der Waals surface area contributed by atoms with E-state index in [0.717, 1.165) is 12.0 Å². The summed E-state index contributed by atoms with van der Waals surface area (Å²) in [6, 6.07) is 2.07. The maximum atomic E-state index is 5.75. The highest BCUT2D eigenvalue weighted by molar-refractivity contribution is 5.85. The van der Waals surface area contributed by atoms with E-state index in [1.165, 1.54) is 0 Å². The summed E-state index contributed by atoms with van der Waals surface area (Å²) in [5.74, 6) is 0. The third-order valence-corrected chi connectivity index (χ3v) is 1.53. The molecule has 5 heteroatoms. The van der Waals surface area contributed by atoms with Gasteiger partial charge < -0.3 is 16.5 Å². The SMILES string of the molecule is Cl.Cl.NCCC(N)c1cc[nH]c1. The van der Waals surface area contributed by atoms with Gasteiger partial charge in [-0.3, -0.25) is 0 Å². The van der Waals surface area contributed by atoms with E-state index >= 15 is 0 Å². The third-order valence-electron chi connectivity index (χ3n) is 1.53. The first-order chi connectivity index (χ1) is 4.84. The molecule has 3 nitrogen and oxygen atoms in total. The first-order valence-electron chi connectivity index (χ1n) is 3.43. The summed E-state index contributed by atoms with van der Waals surface area (Å²) in [7, 11) is 0. The molecule has 0 saturated heterocycles. The molecule has 5 N–H and O–H groups in total. The van der Waals surface area contributed by atoms with Crippen molar-refractivity contribution < 1.29 is 0 Å². The molecule has 1 aromatic heterocycles. The molecule has 0 fully saturated rings. The highest BCUT2D eigenvalue weighted by atomic mass is 35.5. The molecule has 72 valence electrons. The van der Waals surface area contributed by atoms with Crippen LogP contribution in [-0.2, 0) is 0 Å². The monoisotopic (exact) mass is 211 g/mol. The summed E-state index contributed by atoms with van der Waals surface area (Å²) >= 11 is 0. The van der Waals surface area contributed by atoms with Crippen LogP contribution in [0, 0.1) is 0 Å². The van der Waals surface area contributed by atoms with Gasteiger partial charge in [0.1, 0.15) is 0 Å². The average Bonchev–Trinajstić information content (AvgIpc) is 2.38. The van der Waals surface area contributed by atoms with Crippen LogP contribution in [0.25, 0.3) is 0 Å². The fraction of sp³-hybridized carbons (Fsp3) is 0.429. The first kappa shape index (κ1) is 14.3.